The van der Waals surface area contributed by atoms with Crippen molar-refractivity contribution in [3.63, 3.8) is 0 Å². The van der Waals surface area contributed by atoms with Crippen LogP contribution in [0.5, 0.6) is 0 Å². The number of aromatic nitrogens is 2. The quantitative estimate of drug-likeness (QED) is 0.718. The highest BCUT2D eigenvalue weighted by Gasteiger charge is 2.11. The number of hydrogen-bond acceptors (Lipinski definition) is 4. The van der Waals surface area contributed by atoms with Crippen molar-refractivity contribution in [2.24, 2.45) is 0 Å². The van der Waals surface area contributed by atoms with Gasteiger partial charge in [0.25, 0.3) is 5.91 Å². The Balaban J connectivity index is 1.74. The predicted molar refractivity (Wildman–Crippen MR) is 99.9 cm³/mol. The van der Waals surface area contributed by atoms with Crippen LogP contribution in [-0.4, -0.2) is 15.9 Å². The lowest BCUT2D eigenvalue weighted by Gasteiger charge is -2.09. The second kappa shape index (κ2) is 7.77. The van der Waals surface area contributed by atoms with Gasteiger partial charge in [-0.15, -0.1) is 0 Å². The summed E-state index contributed by atoms with van der Waals surface area (Å²) in [6.07, 6.45) is 0. The van der Waals surface area contributed by atoms with Gasteiger partial charge in [-0.3, -0.25) is 4.79 Å². The maximum absolute atomic E-state index is 12.4. The van der Waals surface area contributed by atoms with Crippen LogP contribution in [-0.2, 0) is 6.54 Å². The van der Waals surface area contributed by atoms with Gasteiger partial charge in [0.05, 0.1) is 0 Å². The molecule has 2 aromatic carbocycles. The minimum absolute atomic E-state index is 0.280. The van der Waals surface area contributed by atoms with Crippen LogP contribution in [0.1, 0.15) is 21.7 Å². The van der Waals surface area contributed by atoms with Crippen LogP contribution >= 0.6 is 11.6 Å². The van der Waals surface area contributed by atoms with Crippen LogP contribution in [0.15, 0.2) is 60.7 Å². The van der Waals surface area contributed by atoms with E-state index in [-0.39, 0.29) is 5.91 Å². The predicted octanol–water partition coefficient (Wildman–Crippen LogP) is 4.30. The highest BCUT2D eigenvalue weighted by molar-refractivity contribution is 6.31. The van der Waals surface area contributed by atoms with Crippen molar-refractivity contribution in [2.45, 2.75) is 13.5 Å². The first kappa shape index (κ1) is 16.9. The Morgan fingerprint density at radius 3 is 2.52 bits per heavy atom. The number of benzene rings is 2. The van der Waals surface area contributed by atoms with E-state index in [1.807, 2.05) is 61.5 Å². The van der Waals surface area contributed by atoms with Gasteiger partial charge in [-0.25, -0.2) is 9.97 Å². The molecule has 0 spiro atoms. The Bertz CT molecular complexity index is 884. The molecular weight excluding hydrogens is 336 g/mol. The summed E-state index contributed by atoms with van der Waals surface area (Å²) in [5, 5.41) is 6.60. The standard InChI is InChI=1S/C19H17ClN4O/c1-13-11-17(18(25)23-15-8-3-2-4-9-15)24-19(22-13)21-12-14-7-5-6-10-16(14)20/h2-11H,12H2,1H3,(H,23,25)(H,21,22,24). The van der Waals surface area contributed by atoms with Crippen molar-refractivity contribution in [3.05, 3.63) is 82.6 Å². The lowest BCUT2D eigenvalue weighted by molar-refractivity contribution is 0.102. The summed E-state index contributed by atoms with van der Waals surface area (Å²) in [5.74, 6) is 0.107. The first-order chi connectivity index (χ1) is 12.1. The maximum atomic E-state index is 12.4. The molecule has 0 aliphatic carbocycles. The van der Waals surface area contributed by atoms with E-state index in [1.54, 1.807) is 6.07 Å². The molecule has 0 unspecified atom stereocenters. The molecule has 0 bridgehead atoms. The Morgan fingerprint density at radius 2 is 1.76 bits per heavy atom. The molecule has 1 aromatic heterocycles. The third-order valence-corrected chi connectivity index (χ3v) is 3.88. The van der Waals surface area contributed by atoms with E-state index < -0.39 is 0 Å². The Hall–Kier alpha value is -2.92. The number of nitrogens with one attached hydrogen (secondary N) is 2. The number of carbonyl (C=O) groups is 1. The summed E-state index contributed by atoms with van der Waals surface area (Å²) in [6, 6.07) is 18.4. The van der Waals surface area contributed by atoms with Gasteiger partial charge in [-0.1, -0.05) is 48.0 Å². The fraction of sp³-hybridized carbons (Fsp3) is 0.105. The normalized spacial score (nSPS) is 10.3. The minimum Gasteiger partial charge on any atom is -0.350 e. The van der Waals surface area contributed by atoms with E-state index in [0.29, 0.717) is 34.6 Å². The molecule has 0 radical (unpaired) electrons. The molecule has 126 valence electrons. The van der Waals surface area contributed by atoms with Gasteiger partial charge in [-0.05, 0) is 36.8 Å². The lowest BCUT2D eigenvalue weighted by atomic mass is 10.2. The van der Waals surface area contributed by atoms with Gasteiger partial charge in [-0.2, -0.15) is 0 Å². The van der Waals surface area contributed by atoms with Gasteiger partial charge >= 0.3 is 0 Å². The molecule has 0 aliphatic heterocycles. The van der Waals surface area contributed by atoms with Gasteiger partial charge < -0.3 is 10.6 Å². The average Bonchev–Trinajstić information content (AvgIpc) is 2.61. The number of para-hydroxylation sites is 1. The second-order valence-electron chi connectivity index (χ2n) is 5.48. The Labute approximate surface area is 151 Å². The molecule has 2 N–H and O–H groups in total. The number of hydrogen-bond donors (Lipinski definition) is 2. The van der Waals surface area contributed by atoms with Gasteiger partial charge in [0, 0.05) is 22.9 Å². The van der Waals surface area contributed by atoms with E-state index in [0.717, 1.165) is 5.56 Å². The molecule has 6 heteroatoms. The van der Waals surface area contributed by atoms with Crippen LogP contribution in [0.3, 0.4) is 0 Å². The number of halogens is 1. The zero-order valence-electron chi connectivity index (χ0n) is 13.7. The van der Waals surface area contributed by atoms with Crippen molar-refractivity contribution in [1.82, 2.24) is 9.97 Å². The number of anilines is 2. The minimum atomic E-state index is -0.280. The van der Waals surface area contributed by atoms with E-state index in [4.69, 9.17) is 11.6 Å². The van der Waals surface area contributed by atoms with Crippen molar-refractivity contribution < 1.29 is 4.79 Å². The number of amides is 1. The number of rotatable bonds is 5. The number of nitrogens with zero attached hydrogens (tertiary/aromatic N) is 2. The van der Waals surface area contributed by atoms with E-state index in [9.17, 15) is 4.79 Å². The van der Waals surface area contributed by atoms with Crippen molar-refractivity contribution in [3.8, 4) is 0 Å². The SMILES string of the molecule is Cc1cc(C(=O)Nc2ccccc2)nc(NCc2ccccc2Cl)n1. The summed E-state index contributed by atoms with van der Waals surface area (Å²) in [4.78, 5) is 21.0. The summed E-state index contributed by atoms with van der Waals surface area (Å²) in [7, 11) is 0. The van der Waals surface area contributed by atoms with Crippen LogP contribution in [0.4, 0.5) is 11.6 Å². The molecule has 1 heterocycles. The summed E-state index contributed by atoms with van der Waals surface area (Å²) >= 11 is 6.15. The van der Waals surface area contributed by atoms with Gasteiger partial charge in [0.15, 0.2) is 0 Å². The maximum Gasteiger partial charge on any atom is 0.274 e. The van der Waals surface area contributed by atoms with Crippen LogP contribution in [0.25, 0.3) is 0 Å². The molecule has 0 saturated carbocycles. The second-order valence-corrected chi connectivity index (χ2v) is 5.89. The smallest absolute Gasteiger partial charge is 0.274 e. The van der Waals surface area contributed by atoms with Crippen molar-refractivity contribution in [2.75, 3.05) is 10.6 Å². The molecule has 1 amide bonds. The summed E-state index contributed by atoms with van der Waals surface area (Å²) in [6.45, 7) is 2.30. The molecule has 25 heavy (non-hydrogen) atoms. The van der Waals surface area contributed by atoms with Crippen LogP contribution < -0.4 is 10.6 Å². The van der Waals surface area contributed by atoms with Gasteiger partial charge in [0.1, 0.15) is 5.69 Å². The first-order valence-electron chi connectivity index (χ1n) is 7.81. The van der Waals surface area contributed by atoms with E-state index in [1.165, 1.54) is 0 Å². The Morgan fingerprint density at radius 1 is 1.04 bits per heavy atom. The number of aryl methyl sites for hydroxylation is 1. The molecule has 3 aromatic rings. The Kier molecular flexibility index (Phi) is 5.26. The summed E-state index contributed by atoms with van der Waals surface area (Å²) < 4.78 is 0. The molecule has 0 atom stereocenters. The highest BCUT2D eigenvalue weighted by atomic mass is 35.5. The highest BCUT2D eigenvalue weighted by Crippen LogP contribution is 2.16. The lowest BCUT2D eigenvalue weighted by Crippen LogP contribution is -2.16. The van der Waals surface area contributed by atoms with Crippen LogP contribution in [0, 0.1) is 6.92 Å². The largest absolute Gasteiger partial charge is 0.350 e. The number of carbonyl (C=O) groups excluding carboxylic acids is 1. The van der Waals surface area contributed by atoms with Crippen molar-refractivity contribution >= 4 is 29.1 Å². The summed E-state index contributed by atoms with van der Waals surface area (Å²) in [5.41, 5.74) is 2.66. The molecular formula is C19H17ClN4O. The zero-order chi connectivity index (χ0) is 17.6. The van der Waals surface area contributed by atoms with E-state index in [2.05, 4.69) is 20.6 Å². The van der Waals surface area contributed by atoms with Crippen molar-refractivity contribution in [1.29, 1.82) is 0 Å². The molecule has 0 aliphatic rings. The molecule has 5 nitrogen and oxygen atoms in total. The zero-order valence-corrected chi connectivity index (χ0v) is 14.4. The fourth-order valence-electron chi connectivity index (χ4n) is 2.30. The average molecular weight is 353 g/mol. The molecule has 3 rings (SSSR count). The third-order valence-electron chi connectivity index (χ3n) is 3.51. The third kappa shape index (κ3) is 4.55. The topological polar surface area (TPSA) is 66.9 Å². The van der Waals surface area contributed by atoms with E-state index >= 15 is 0 Å². The monoisotopic (exact) mass is 352 g/mol. The van der Waals surface area contributed by atoms with Gasteiger partial charge in [0.2, 0.25) is 5.95 Å². The van der Waals surface area contributed by atoms with Crippen LogP contribution in [0.2, 0.25) is 5.02 Å². The first-order valence-corrected chi connectivity index (χ1v) is 8.19. The molecule has 0 fully saturated rings. The molecule has 0 saturated heterocycles. The fourth-order valence-corrected chi connectivity index (χ4v) is 2.50.